The van der Waals surface area contributed by atoms with Crippen molar-refractivity contribution < 1.29 is 0 Å². The number of benzene rings is 2. The zero-order chi connectivity index (χ0) is 13.7. The maximum absolute atomic E-state index is 3.83. The van der Waals surface area contributed by atoms with Gasteiger partial charge in [0.05, 0.1) is 0 Å². The van der Waals surface area contributed by atoms with Gasteiger partial charge in [0.15, 0.2) is 0 Å². The summed E-state index contributed by atoms with van der Waals surface area (Å²) in [7, 11) is 0. The van der Waals surface area contributed by atoms with Crippen LogP contribution in [0.2, 0.25) is 0 Å². The minimum atomic E-state index is 0.0414. The van der Waals surface area contributed by atoms with Crippen LogP contribution in [0.1, 0.15) is 33.1 Å². The minimum Gasteiger partial charge on any atom is -0.362 e. The molecule has 2 atom stereocenters. The molecule has 2 aliphatic rings. The lowest BCUT2D eigenvalue weighted by Crippen LogP contribution is -2.52. The molecule has 0 amide bonds. The fourth-order valence-corrected chi connectivity index (χ4v) is 4.43. The lowest BCUT2D eigenvalue weighted by atomic mass is 9.75. The van der Waals surface area contributed by atoms with Gasteiger partial charge in [-0.05, 0) is 48.6 Å². The van der Waals surface area contributed by atoms with Gasteiger partial charge in [0.2, 0.25) is 0 Å². The number of anilines is 2. The molecule has 1 saturated carbocycles. The number of hydrogen-bond donors (Lipinski definition) is 2. The molecular weight excluding hydrogens is 244 g/mol. The van der Waals surface area contributed by atoms with Crippen molar-refractivity contribution >= 4 is 22.1 Å². The van der Waals surface area contributed by atoms with Gasteiger partial charge in [-0.3, -0.25) is 0 Å². The van der Waals surface area contributed by atoms with Crippen LogP contribution in [-0.4, -0.2) is 5.66 Å². The van der Waals surface area contributed by atoms with Gasteiger partial charge in [-0.15, -0.1) is 0 Å². The number of hydrogen-bond acceptors (Lipinski definition) is 2. The van der Waals surface area contributed by atoms with Crippen LogP contribution < -0.4 is 10.6 Å². The van der Waals surface area contributed by atoms with E-state index >= 15 is 0 Å². The third kappa shape index (κ3) is 1.78. The lowest BCUT2D eigenvalue weighted by Gasteiger charge is -2.47. The molecule has 2 nitrogen and oxygen atoms in total. The Hall–Kier alpha value is -1.70. The van der Waals surface area contributed by atoms with Crippen LogP contribution in [0.15, 0.2) is 36.4 Å². The van der Waals surface area contributed by atoms with E-state index in [1.54, 1.807) is 0 Å². The normalized spacial score (nSPS) is 27.1. The van der Waals surface area contributed by atoms with Crippen molar-refractivity contribution in [1.82, 2.24) is 0 Å². The highest BCUT2D eigenvalue weighted by atomic mass is 15.2. The molecule has 2 aromatic carbocycles. The summed E-state index contributed by atoms with van der Waals surface area (Å²) in [5, 5.41) is 10.3. The van der Waals surface area contributed by atoms with Crippen molar-refractivity contribution in [2.45, 2.75) is 38.8 Å². The molecule has 1 heterocycles. The second kappa shape index (κ2) is 4.15. The molecule has 2 aromatic rings. The summed E-state index contributed by atoms with van der Waals surface area (Å²) in [5.41, 5.74) is 2.62. The third-order valence-corrected chi connectivity index (χ3v) is 4.85. The predicted molar refractivity (Wildman–Crippen MR) is 86.1 cm³/mol. The van der Waals surface area contributed by atoms with Crippen molar-refractivity contribution in [2.24, 2.45) is 11.8 Å². The largest absolute Gasteiger partial charge is 0.362 e. The molecule has 20 heavy (non-hydrogen) atoms. The first kappa shape index (κ1) is 12.1. The van der Waals surface area contributed by atoms with Gasteiger partial charge < -0.3 is 10.6 Å². The standard InChI is InChI=1S/C18H22N2/c1-12-9-13(2)11-18(10-12)19-15-7-3-5-14-6-4-8-16(20-18)17(14)15/h3-8,12-13,19-20H,9-11H2,1-2H3. The van der Waals surface area contributed by atoms with Crippen molar-refractivity contribution in [1.29, 1.82) is 0 Å². The molecular formula is C18H22N2. The smallest absolute Gasteiger partial charge is 0.108 e. The monoisotopic (exact) mass is 266 g/mol. The zero-order valence-corrected chi connectivity index (χ0v) is 12.2. The molecule has 1 fully saturated rings. The summed E-state index contributed by atoms with van der Waals surface area (Å²) in [6, 6.07) is 13.1. The van der Waals surface area contributed by atoms with Crippen molar-refractivity contribution in [3.63, 3.8) is 0 Å². The summed E-state index contributed by atoms with van der Waals surface area (Å²) >= 11 is 0. The second-order valence-corrected chi connectivity index (χ2v) is 6.90. The van der Waals surface area contributed by atoms with Gasteiger partial charge in [-0.25, -0.2) is 0 Å². The summed E-state index contributed by atoms with van der Waals surface area (Å²) in [4.78, 5) is 0. The van der Waals surface area contributed by atoms with Crippen molar-refractivity contribution in [2.75, 3.05) is 10.6 Å². The van der Waals surface area contributed by atoms with Gasteiger partial charge in [0, 0.05) is 16.8 Å². The van der Waals surface area contributed by atoms with E-state index in [9.17, 15) is 0 Å². The van der Waals surface area contributed by atoms with Crippen LogP contribution in [0.4, 0.5) is 11.4 Å². The van der Waals surface area contributed by atoms with Gasteiger partial charge in [0.1, 0.15) is 5.66 Å². The summed E-state index contributed by atoms with van der Waals surface area (Å²) < 4.78 is 0. The maximum atomic E-state index is 3.83. The summed E-state index contributed by atoms with van der Waals surface area (Å²) in [6.45, 7) is 4.75. The molecule has 2 unspecified atom stereocenters. The van der Waals surface area contributed by atoms with Crippen LogP contribution in [0.25, 0.3) is 10.8 Å². The molecule has 2 heteroatoms. The van der Waals surface area contributed by atoms with Crippen molar-refractivity contribution in [3.8, 4) is 0 Å². The van der Waals surface area contributed by atoms with E-state index < -0.39 is 0 Å². The van der Waals surface area contributed by atoms with E-state index in [0.717, 1.165) is 11.8 Å². The molecule has 0 bridgehead atoms. The molecule has 0 saturated heterocycles. The van der Waals surface area contributed by atoms with E-state index in [-0.39, 0.29) is 5.66 Å². The minimum absolute atomic E-state index is 0.0414. The van der Waals surface area contributed by atoms with Crippen LogP contribution in [0, 0.1) is 11.8 Å². The number of rotatable bonds is 0. The van der Waals surface area contributed by atoms with Crippen LogP contribution in [0.5, 0.6) is 0 Å². The Morgan fingerprint density at radius 2 is 1.45 bits per heavy atom. The Balaban J connectivity index is 1.83. The molecule has 4 rings (SSSR count). The first-order valence-electron chi connectivity index (χ1n) is 7.73. The quantitative estimate of drug-likeness (QED) is 0.713. The summed E-state index contributed by atoms with van der Waals surface area (Å²) in [5.74, 6) is 1.53. The van der Waals surface area contributed by atoms with Gasteiger partial charge in [-0.1, -0.05) is 38.1 Å². The van der Waals surface area contributed by atoms with Gasteiger partial charge in [-0.2, -0.15) is 0 Å². The van der Waals surface area contributed by atoms with E-state index in [0.29, 0.717) is 0 Å². The molecule has 104 valence electrons. The van der Waals surface area contributed by atoms with E-state index in [1.165, 1.54) is 41.4 Å². The first-order valence-corrected chi connectivity index (χ1v) is 7.73. The highest BCUT2D eigenvalue weighted by Crippen LogP contribution is 2.45. The Morgan fingerprint density at radius 3 is 2.00 bits per heavy atom. The SMILES string of the molecule is CC1CC(C)CC2(C1)Nc1cccc3cccc(c13)N2. The summed E-state index contributed by atoms with van der Waals surface area (Å²) in [6.07, 6.45) is 3.74. The molecule has 1 aliphatic heterocycles. The average molecular weight is 266 g/mol. The molecule has 1 spiro atoms. The fraction of sp³-hybridized carbons (Fsp3) is 0.444. The Morgan fingerprint density at radius 1 is 0.900 bits per heavy atom. The highest BCUT2D eigenvalue weighted by molar-refractivity contribution is 6.05. The zero-order valence-electron chi connectivity index (χ0n) is 12.2. The topological polar surface area (TPSA) is 24.1 Å². The van der Waals surface area contributed by atoms with Crippen LogP contribution >= 0.6 is 0 Å². The van der Waals surface area contributed by atoms with Gasteiger partial charge >= 0.3 is 0 Å². The highest BCUT2D eigenvalue weighted by Gasteiger charge is 2.40. The predicted octanol–water partition coefficient (Wildman–Crippen LogP) is 4.83. The average Bonchev–Trinajstić information content (AvgIpc) is 2.37. The van der Waals surface area contributed by atoms with E-state index in [4.69, 9.17) is 0 Å². The van der Waals surface area contributed by atoms with E-state index in [1.807, 2.05) is 0 Å². The Bertz CT molecular complexity index is 609. The Kier molecular flexibility index (Phi) is 2.50. The van der Waals surface area contributed by atoms with Crippen molar-refractivity contribution in [3.05, 3.63) is 36.4 Å². The van der Waals surface area contributed by atoms with Crippen LogP contribution in [0.3, 0.4) is 0 Å². The molecule has 1 aliphatic carbocycles. The second-order valence-electron chi connectivity index (χ2n) is 6.90. The van der Waals surface area contributed by atoms with E-state index in [2.05, 4.69) is 60.9 Å². The Labute approximate surface area is 120 Å². The molecule has 0 aromatic heterocycles. The van der Waals surface area contributed by atoms with Crippen LogP contribution in [-0.2, 0) is 0 Å². The first-order chi connectivity index (χ1) is 9.65. The maximum Gasteiger partial charge on any atom is 0.108 e. The number of nitrogens with one attached hydrogen (secondary N) is 2. The fourth-order valence-electron chi connectivity index (χ4n) is 4.43. The third-order valence-electron chi connectivity index (χ3n) is 4.85. The van der Waals surface area contributed by atoms with Gasteiger partial charge in [0.25, 0.3) is 0 Å². The molecule has 2 N–H and O–H groups in total. The molecule has 0 radical (unpaired) electrons. The lowest BCUT2D eigenvalue weighted by molar-refractivity contribution is 0.221.